The summed E-state index contributed by atoms with van der Waals surface area (Å²) >= 11 is 12.4. The van der Waals surface area contributed by atoms with E-state index in [9.17, 15) is 23.1 Å². The third kappa shape index (κ3) is 6.27. The van der Waals surface area contributed by atoms with E-state index in [4.69, 9.17) is 23.2 Å². The van der Waals surface area contributed by atoms with Crippen molar-refractivity contribution in [3.8, 4) is 0 Å². The van der Waals surface area contributed by atoms with Crippen LogP contribution in [0.1, 0.15) is 42.0 Å². The van der Waals surface area contributed by atoms with Crippen LogP contribution in [-0.4, -0.2) is 46.4 Å². The maximum Gasteiger partial charge on any atom is 0.371 e. The monoisotopic (exact) mass is 479 g/mol. The zero-order valence-corrected chi connectivity index (χ0v) is 18.9. The molecular weight excluding hydrogens is 456 g/mol. The van der Waals surface area contributed by atoms with Gasteiger partial charge in [-0.2, -0.15) is 13.2 Å². The number of carboxylic acid groups (broad SMARTS) is 1. The van der Waals surface area contributed by atoms with Gasteiger partial charge in [0, 0.05) is 18.1 Å². The number of alkyl halides is 3. The lowest BCUT2D eigenvalue weighted by atomic mass is 10.2. The van der Waals surface area contributed by atoms with Crippen molar-refractivity contribution < 1.29 is 23.1 Å². The second-order valence-electron chi connectivity index (χ2n) is 6.94. The predicted octanol–water partition coefficient (Wildman–Crippen LogP) is 6.24. The van der Waals surface area contributed by atoms with Gasteiger partial charge in [0.15, 0.2) is 5.69 Å². The summed E-state index contributed by atoms with van der Waals surface area (Å²) in [6.45, 7) is 6.13. The Morgan fingerprint density at radius 3 is 2.45 bits per heavy atom. The summed E-state index contributed by atoms with van der Waals surface area (Å²) in [5, 5.41) is 13.8. The van der Waals surface area contributed by atoms with Gasteiger partial charge >= 0.3 is 12.1 Å². The van der Waals surface area contributed by atoms with Gasteiger partial charge in [-0.05, 0) is 31.0 Å². The van der Waals surface area contributed by atoms with Crippen molar-refractivity contribution in [2.24, 2.45) is 0 Å². The molecule has 0 amide bonds. The highest BCUT2D eigenvalue weighted by atomic mass is 35.5. The fourth-order valence-corrected chi connectivity index (χ4v) is 4.00. The van der Waals surface area contributed by atoms with E-state index in [0.717, 1.165) is 11.3 Å². The quantitative estimate of drug-likeness (QED) is 0.497. The molecule has 1 N–H and O–H groups in total. The summed E-state index contributed by atoms with van der Waals surface area (Å²) in [6.07, 6.45) is -2.87. The van der Waals surface area contributed by atoms with E-state index >= 15 is 0 Å². The molecule has 0 atom stereocenters. The standard InChI is InChI=1S/C15H15Cl2N3O2.C5H9F3N/c1-3-11-13(14(21)22)20-5-4-19(15(20)18-11)12-8(2)6-9(16)7-10(12)17;1-2-3-9-4-5(6,7)8/h6-7H,3-5H2,1-2H3,(H,21,22);2-4H2,1H3/q;-1. The summed E-state index contributed by atoms with van der Waals surface area (Å²) in [6, 6.07) is 3.53. The zero-order chi connectivity index (χ0) is 23.3. The number of benzene rings is 1. The Morgan fingerprint density at radius 2 is 1.94 bits per heavy atom. The van der Waals surface area contributed by atoms with Crippen LogP contribution in [0.3, 0.4) is 0 Å². The minimum Gasteiger partial charge on any atom is -0.655 e. The second-order valence-corrected chi connectivity index (χ2v) is 7.79. The number of aromatic carboxylic acids is 1. The van der Waals surface area contributed by atoms with E-state index in [1.54, 1.807) is 17.6 Å². The maximum absolute atomic E-state index is 11.5. The first-order valence-corrected chi connectivity index (χ1v) is 10.5. The number of carboxylic acids is 1. The number of fused-ring (bicyclic) bond motifs is 1. The fraction of sp³-hybridized carbons (Fsp3) is 0.500. The van der Waals surface area contributed by atoms with Gasteiger partial charge in [0.1, 0.15) is 0 Å². The van der Waals surface area contributed by atoms with Crippen LogP contribution in [0.5, 0.6) is 0 Å². The van der Waals surface area contributed by atoms with Crippen LogP contribution in [0.25, 0.3) is 5.32 Å². The molecule has 0 fully saturated rings. The normalized spacial score (nSPS) is 13.1. The highest BCUT2D eigenvalue weighted by molar-refractivity contribution is 6.36. The van der Waals surface area contributed by atoms with Crippen molar-refractivity contribution in [1.29, 1.82) is 0 Å². The largest absolute Gasteiger partial charge is 0.655 e. The molecule has 2 heterocycles. The molecule has 31 heavy (non-hydrogen) atoms. The summed E-state index contributed by atoms with van der Waals surface area (Å²) < 4.78 is 35.6. The molecular formula is C20H24Cl2F3N4O2-. The third-order valence-electron chi connectivity index (χ3n) is 4.51. The Kier molecular flexibility index (Phi) is 8.62. The predicted molar refractivity (Wildman–Crippen MR) is 116 cm³/mol. The summed E-state index contributed by atoms with van der Waals surface area (Å²) in [4.78, 5) is 18.0. The number of imidazole rings is 1. The lowest BCUT2D eigenvalue weighted by Crippen LogP contribution is -2.16. The molecule has 2 aromatic rings. The van der Waals surface area contributed by atoms with E-state index in [1.165, 1.54) is 0 Å². The van der Waals surface area contributed by atoms with Crippen molar-refractivity contribution in [2.75, 3.05) is 24.5 Å². The Bertz CT molecular complexity index is 909. The van der Waals surface area contributed by atoms with Gasteiger partial charge < -0.3 is 19.9 Å². The van der Waals surface area contributed by atoms with Gasteiger partial charge in [-0.1, -0.05) is 50.0 Å². The minimum atomic E-state index is -4.12. The van der Waals surface area contributed by atoms with Gasteiger partial charge in [-0.25, -0.2) is 9.78 Å². The molecule has 6 nitrogen and oxygen atoms in total. The molecule has 0 bridgehead atoms. The molecule has 0 saturated heterocycles. The Hall–Kier alpha value is -1.97. The molecule has 0 unspecified atom stereocenters. The Morgan fingerprint density at radius 1 is 1.26 bits per heavy atom. The second kappa shape index (κ2) is 10.6. The number of halogens is 5. The number of nitrogens with zero attached hydrogens (tertiary/aromatic N) is 4. The lowest BCUT2D eigenvalue weighted by Gasteiger charge is -2.20. The number of anilines is 2. The molecule has 1 aliphatic rings. The third-order valence-corrected chi connectivity index (χ3v) is 5.01. The molecule has 0 spiro atoms. The molecule has 1 aliphatic heterocycles. The van der Waals surface area contributed by atoms with Crippen molar-refractivity contribution in [3.63, 3.8) is 0 Å². The average molecular weight is 480 g/mol. The van der Waals surface area contributed by atoms with Crippen LogP contribution in [0.4, 0.5) is 24.8 Å². The van der Waals surface area contributed by atoms with Crippen molar-refractivity contribution >= 4 is 40.8 Å². The average Bonchev–Trinajstić information content (AvgIpc) is 3.20. The first kappa shape index (κ1) is 25.3. The van der Waals surface area contributed by atoms with Crippen molar-refractivity contribution in [3.05, 3.63) is 44.4 Å². The van der Waals surface area contributed by atoms with Crippen LogP contribution in [0.15, 0.2) is 12.1 Å². The van der Waals surface area contributed by atoms with Crippen LogP contribution in [-0.2, 0) is 13.0 Å². The number of aryl methyl sites for hydroxylation is 2. The summed E-state index contributed by atoms with van der Waals surface area (Å²) in [7, 11) is 0. The van der Waals surface area contributed by atoms with Crippen molar-refractivity contribution in [1.82, 2.24) is 9.55 Å². The highest BCUT2D eigenvalue weighted by Crippen LogP contribution is 2.39. The number of aromatic nitrogens is 2. The van der Waals surface area contributed by atoms with E-state index in [-0.39, 0.29) is 5.69 Å². The molecule has 1 aromatic heterocycles. The molecule has 0 radical (unpaired) electrons. The molecule has 0 saturated carbocycles. The van der Waals surface area contributed by atoms with Gasteiger partial charge in [-0.3, -0.25) is 0 Å². The smallest absolute Gasteiger partial charge is 0.371 e. The van der Waals surface area contributed by atoms with Crippen LogP contribution in [0, 0.1) is 6.92 Å². The molecule has 0 aliphatic carbocycles. The molecule has 1 aromatic carbocycles. The maximum atomic E-state index is 11.5. The minimum absolute atomic E-state index is 0.266. The topological polar surface area (TPSA) is 72.5 Å². The van der Waals surface area contributed by atoms with Crippen molar-refractivity contribution in [2.45, 2.75) is 46.3 Å². The van der Waals surface area contributed by atoms with Crippen LogP contribution >= 0.6 is 23.2 Å². The van der Waals surface area contributed by atoms with E-state index in [0.29, 0.717) is 54.2 Å². The van der Waals surface area contributed by atoms with Gasteiger partial charge in [-0.15, -0.1) is 6.54 Å². The van der Waals surface area contributed by atoms with E-state index in [1.807, 2.05) is 24.8 Å². The zero-order valence-electron chi connectivity index (χ0n) is 17.4. The summed E-state index contributed by atoms with van der Waals surface area (Å²) in [5.74, 6) is -0.321. The highest BCUT2D eigenvalue weighted by Gasteiger charge is 2.31. The number of hydrogen-bond acceptors (Lipinski definition) is 3. The number of rotatable bonds is 6. The molecule has 172 valence electrons. The molecule has 3 rings (SSSR count). The first-order chi connectivity index (χ1) is 14.5. The Balaban J connectivity index is 0.000000323. The van der Waals surface area contributed by atoms with Crippen LogP contribution < -0.4 is 4.90 Å². The van der Waals surface area contributed by atoms with E-state index in [2.05, 4.69) is 10.3 Å². The number of carbonyl (C=O) groups is 1. The van der Waals surface area contributed by atoms with E-state index < -0.39 is 18.7 Å². The SMILES string of the molecule is CCC[N-]CC(F)(F)F.CCc1nc2n(c1C(=O)O)CCN2c1c(C)cc(Cl)cc1Cl. The molecule has 11 heteroatoms. The fourth-order valence-electron chi connectivity index (χ4n) is 3.31. The summed E-state index contributed by atoms with van der Waals surface area (Å²) in [5.41, 5.74) is 2.62. The van der Waals surface area contributed by atoms with Gasteiger partial charge in [0.2, 0.25) is 5.95 Å². The lowest BCUT2D eigenvalue weighted by molar-refractivity contribution is -0.113. The Labute approximate surface area is 189 Å². The van der Waals surface area contributed by atoms with Crippen LogP contribution in [0.2, 0.25) is 10.0 Å². The first-order valence-electron chi connectivity index (χ1n) is 9.76. The number of hydrogen-bond donors (Lipinski definition) is 1. The van der Waals surface area contributed by atoms with Gasteiger partial charge in [0.25, 0.3) is 0 Å². The van der Waals surface area contributed by atoms with Gasteiger partial charge in [0.05, 0.1) is 16.4 Å².